The molecule has 7 heteroatoms. The molecule has 0 bridgehead atoms. The van der Waals surface area contributed by atoms with E-state index < -0.39 is 30.1 Å². The molecule has 1 amide bonds. The second kappa shape index (κ2) is 8.73. The molecule has 0 radical (unpaired) electrons. The summed E-state index contributed by atoms with van der Waals surface area (Å²) >= 11 is 0. The minimum Gasteiger partial charge on any atom is -0.459 e. The van der Waals surface area contributed by atoms with Gasteiger partial charge < -0.3 is 10.1 Å². The molecule has 0 heterocycles. The lowest BCUT2D eigenvalue weighted by Gasteiger charge is -2.16. The van der Waals surface area contributed by atoms with E-state index in [1.54, 1.807) is 6.92 Å². The second-order valence-electron chi connectivity index (χ2n) is 6.51. The fraction of sp³-hybridized carbons (Fsp3) is 0.286. The predicted molar refractivity (Wildman–Crippen MR) is 99.1 cm³/mol. The zero-order valence-electron chi connectivity index (χ0n) is 16.1. The minimum atomic E-state index is -1.02. The molecular weight excluding hydrogens is 368 g/mol. The minimum absolute atomic E-state index is 0.0577. The van der Waals surface area contributed by atoms with Crippen molar-refractivity contribution in [2.75, 3.05) is 6.54 Å². The van der Waals surface area contributed by atoms with Crippen molar-refractivity contribution < 1.29 is 27.9 Å². The van der Waals surface area contributed by atoms with Crippen LogP contribution in [-0.2, 0) is 16.1 Å². The monoisotopic (exact) mass is 389 g/mol. The van der Waals surface area contributed by atoms with Gasteiger partial charge in [0.1, 0.15) is 24.8 Å². The lowest BCUT2D eigenvalue weighted by molar-refractivity contribution is -0.143. The SMILES string of the molecule is CC(=O)c1c(C)cc(C)c(COC(=O)CNC(=O)c2ccc(F)cc2F)c1C. The van der Waals surface area contributed by atoms with Gasteiger partial charge in [-0.3, -0.25) is 14.4 Å². The molecule has 0 fully saturated rings. The molecule has 0 aliphatic carbocycles. The second-order valence-corrected chi connectivity index (χ2v) is 6.51. The lowest BCUT2D eigenvalue weighted by atomic mass is 9.92. The van der Waals surface area contributed by atoms with Crippen LogP contribution in [0.2, 0.25) is 0 Å². The zero-order valence-corrected chi connectivity index (χ0v) is 16.1. The highest BCUT2D eigenvalue weighted by Gasteiger charge is 2.17. The van der Waals surface area contributed by atoms with Gasteiger partial charge in [0.25, 0.3) is 5.91 Å². The Hall–Kier alpha value is -3.09. The van der Waals surface area contributed by atoms with Crippen LogP contribution >= 0.6 is 0 Å². The van der Waals surface area contributed by atoms with E-state index in [0.29, 0.717) is 11.6 Å². The third-order valence-electron chi connectivity index (χ3n) is 4.43. The van der Waals surface area contributed by atoms with Crippen LogP contribution in [0.5, 0.6) is 0 Å². The fourth-order valence-electron chi connectivity index (χ4n) is 3.12. The summed E-state index contributed by atoms with van der Waals surface area (Å²) < 4.78 is 31.6. The molecule has 2 aromatic carbocycles. The van der Waals surface area contributed by atoms with Crippen molar-refractivity contribution in [1.29, 1.82) is 0 Å². The van der Waals surface area contributed by atoms with E-state index in [1.165, 1.54) is 6.92 Å². The molecule has 0 saturated heterocycles. The number of halogens is 2. The zero-order chi connectivity index (χ0) is 21.0. The Morgan fingerprint density at radius 1 is 1.04 bits per heavy atom. The molecule has 0 atom stereocenters. The van der Waals surface area contributed by atoms with Crippen LogP contribution in [0, 0.1) is 32.4 Å². The molecule has 0 aromatic heterocycles. The number of nitrogens with one attached hydrogen (secondary N) is 1. The molecule has 0 unspecified atom stereocenters. The first-order valence-corrected chi connectivity index (χ1v) is 8.61. The molecule has 28 heavy (non-hydrogen) atoms. The standard InChI is InChI=1S/C21H21F2NO4/c1-11-7-12(2)20(14(4)25)13(3)17(11)10-28-19(26)9-24-21(27)16-6-5-15(22)8-18(16)23/h5-8H,9-10H2,1-4H3,(H,24,27). The Bertz CT molecular complexity index is 954. The highest BCUT2D eigenvalue weighted by molar-refractivity contribution is 5.97. The van der Waals surface area contributed by atoms with Crippen molar-refractivity contribution >= 4 is 17.7 Å². The average molecular weight is 389 g/mol. The first kappa shape index (κ1) is 21.2. The summed E-state index contributed by atoms with van der Waals surface area (Å²) in [5, 5.41) is 2.23. The van der Waals surface area contributed by atoms with E-state index in [-0.39, 0.29) is 18.0 Å². The average Bonchev–Trinajstić information content (AvgIpc) is 2.58. The van der Waals surface area contributed by atoms with Gasteiger partial charge in [-0.2, -0.15) is 0 Å². The quantitative estimate of drug-likeness (QED) is 0.606. The van der Waals surface area contributed by atoms with Crippen molar-refractivity contribution in [2.45, 2.75) is 34.3 Å². The van der Waals surface area contributed by atoms with Crippen LogP contribution in [0.3, 0.4) is 0 Å². The first-order valence-electron chi connectivity index (χ1n) is 8.61. The fourth-order valence-corrected chi connectivity index (χ4v) is 3.12. The number of benzene rings is 2. The summed E-state index contributed by atoms with van der Waals surface area (Å²) in [7, 11) is 0. The number of Topliss-reactive ketones (excluding diaryl/α,β-unsaturated/α-hetero) is 1. The van der Waals surface area contributed by atoms with Crippen molar-refractivity contribution in [2.24, 2.45) is 0 Å². The van der Waals surface area contributed by atoms with Crippen LogP contribution < -0.4 is 5.32 Å². The van der Waals surface area contributed by atoms with Gasteiger partial charge in [0.05, 0.1) is 5.56 Å². The molecular formula is C21H21F2NO4. The third-order valence-corrected chi connectivity index (χ3v) is 4.43. The Labute approximate surface area is 161 Å². The third kappa shape index (κ3) is 4.79. The number of hydrogen-bond acceptors (Lipinski definition) is 4. The van der Waals surface area contributed by atoms with E-state index in [9.17, 15) is 23.2 Å². The van der Waals surface area contributed by atoms with Gasteiger partial charge in [0.2, 0.25) is 0 Å². The highest BCUT2D eigenvalue weighted by Crippen LogP contribution is 2.23. The summed E-state index contributed by atoms with van der Waals surface area (Å²) in [6, 6.07) is 4.38. The van der Waals surface area contributed by atoms with Gasteiger partial charge in [0.15, 0.2) is 5.78 Å². The van der Waals surface area contributed by atoms with E-state index in [2.05, 4.69) is 5.32 Å². The normalized spacial score (nSPS) is 10.5. The Balaban J connectivity index is 2.00. The van der Waals surface area contributed by atoms with E-state index in [1.807, 2.05) is 19.9 Å². The van der Waals surface area contributed by atoms with Gasteiger partial charge in [0, 0.05) is 11.6 Å². The van der Waals surface area contributed by atoms with Crippen LogP contribution in [0.25, 0.3) is 0 Å². The summed E-state index contributed by atoms with van der Waals surface area (Å²) in [4.78, 5) is 35.7. The summed E-state index contributed by atoms with van der Waals surface area (Å²) in [6.45, 7) is 6.43. The Morgan fingerprint density at radius 2 is 1.71 bits per heavy atom. The van der Waals surface area contributed by atoms with Gasteiger partial charge in [-0.1, -0.05) is 6.07 Å². The molecule has 5 nitrogen and oxygen atoms in total. The van der Waals surface area contributed by atoms with Crippen LogP contribution in [0.15, 0.2) is 24.3 Å². The molecule has 0 saturated carbocycles. The number of carbonyl (C=O) groups is 3. The Kier molecular flexibility index (Phi) is 6.62. The summed E-state index contributed by atoms with van der Waals surface area (Å²) in [6.07, 6.45) is 0. The molecule has 2 aromatic rings. The molecule has 0 aliphatic rings. The number of amides is 1. The van der Waals surface area contributed by atoms with Gasteiger partial charge in [-0.15, -0.1) is 0 Å². The number of hydrogen-bond donors (Lipinski definition) is 1. The topological polar surface area (TPSA) is 72.5 Å². The summed E-state index contributed by atoms with van der Waals surface area (Å²) in [5.74, 6) is -3.47. The van der Waals surface area contributed by atoms with Crippen molar-refractivity contribution in [3.8, 4) is 0 Å². The Morgan fingerprint density at radius 3 is 2.32 bits per heavy atom. The van der Waals surface area contributed by atoms with E-state index >= 15 is 0 Å². The van der Waals surface area contributed by atoms with Gasteiger partial charge >= 0.3 is 5.97 Å². The number of ketones is 1. The van der Waals surface area contributed by atoms with Gasteiger partial charge in [-0.05, 0) is 62.1 Å². The van der Waals surface area contributed by atoms with Crippen molar-refractivity contribution in [3.05, 3.63) is 69.3 Å². The number of aryl methyl sites for hydroxylation is 2. The van der Waals surface area contributed by atoms with E-state index in [0.717, 1.165) is 34.4 Å². The molecule has 2 rings (SSSR count). The first-order chi connectivity index (χ1) is 13.1. The predicted octanol–water partition coefficient (Wildman–Crippen LogP) is 3.57. The van der Waals surface area contributed by atoms with Crippen molar-refractivity contribution in [1.82, 2.24) is 5.32 Å². The molecule has 1 N–H and O–H groups in total. The highest BCUT2D eigenvalue weighted by atomic mass is 19.1. The maximum Gasteiger partial charge on any atom is 0.325 e. The van der Waals surface area contributed by atoms with Crippen LogP contribution in [0.1, 0.15) is 49.9 Å². The van der Waals surface area contributed by atoms with Crippen molar-refractivity contribution in [3.63, 3.8) is 0 Å². The largest absolute Gasteiger partial charge is 0.459 e. The number of esters is 1. The molecule has 148 valence electrons. The number of ether oxygens (including phenoxy) is 1. The number of carbonyl (C=O) groups excluding carboxylic acids is 3. The van der Waals surface area contributed by atoms with Gasteiger partial charge in [-0.25, -0.2) is 8.78 Å². The smallest absolute Gasteiger partial charge is 0.325 e. The number of rotatable bonds is 6. The molecule has 0 aliphatic heterocycles. The van der Waals surface area contributed by atoms with E-state index in [4.69, 9.17) is 4.74 Å². The van der Waals surface area contributed by atoms with Crippen LogP contribution in [-0.4, -0.2) is 24.2 Å². The molecule has 0 spiro atoms. The maximum absolute atomic E-state index is 13.6. The summed E-state index contributed by atoms with van der Waals surface area (Å²) in [5.41, 5.74) is 3.42. The lowest BCUT2D eigenvalue weighted by Crippen LogP contribution is -2.31. The van der Waals surface area contributed by atoms with Crippen LogP contribution in [0.4, 0.5) is 8.78 Å². The maximum atomic E-state index is 13.6.